The van der Waals surface area contributed by atoms with Crippen molar-refractivity contribution in [1.29, 1.82) is 0 Å². The van der Waals surface area contributed by atoms with E-state index >= 15 is 0 Å². The van der Waals surface area contributed by atoms with E-state index in [9.17, 15) is 14.4 Å². The number of hydrogen-bond donors (Lipinski definition) is 1. The van der Waals surface area contributed by atoms with Crippen molar-refractivity contribution >= 4 is 17.7 Å². The topological polar surface area (TPSA) is 82.6 Å². The highest BCUT2D eigenvalue weighted by Gasteiger charge is 2.47. The lowest BCUT2D eigenvalue weighted by molar-refractivity contribution is -0.132. The predicted molar refractivity (Wildman–Crippen MR) is 111 cm³/mol. The molecule has 1 aromatic carbocycles. The first-order valence-electron chi connectivity index (χ1n) is 10.3. The number of carbonyl (C=O) groups is 3. The lowest BCUT2D eigenvalue weighted by Gasteiger charge is -2.47. The Morgan fingerprint density at radius 1 is 1.13 bits per heavy atom. The van der Waals surface area contributed by atoms with E-state index in [4.69, 9.17) is 0 Å². The Bertz CT molecular complexity index is 952. The molecule has 7 nitrogen and oxygen atoms in total. The average molecular weight is 406 g/mol. The van der Waals surface area contributed by atoms with Crippen molar-refractivity contribution in [1.82, 2.24) is 20.1 Å². The first-order valence-corrected chi connectivity index (χ1v) is 10.3. The highest BCUT2D eigenvalue weighted by molar-refractivity contribution is 5.99. The zero-order valence-electron chi connectivity index (χ0n) is 17.1. The van der Waals surface area contributed by atoms with Gasteiger partial charge in [-0.3, -0.25) is 19.4 Å². The molecule has 156 valence electrons. The van der Waals surface area contributed by atoms with Crippen molar-refractivity contribution in [3.05, 3.63) is 65.5 Å². The van der Waals surface area contributed by atoms with Gasteiger partial charge in [0, 0.05) is 51.1 Å². The number of nitrogens with one attached hydrogen (secondary N) is 1. The number of carbonyl (C=O) groups excluding carboxylic acids is 3. The Hall–Kier alpha value is -3.22. The number of piperidine rings is 1. The van der Waals surface area contributed by atoms with E-state index in [0.29, 0.717) is 44.6 Å². The molecule has 0 spiro atoms. The molecule has 0 aliphatic carbocycles. The van der Waals surface area contributed by atoms with Gasteiger partial charge in [0.1, 0.15) is 0 Å². The summed E-state index contributed by atoms with van der Waals surface area (Å²) in [4.78, 5) is 45.6. The number of nitrogens with zero attached hydrogens (tertiary/aromatic N) is 3. The third-order valence-corrected chi connectivity index (χ3v) is 6.24. The monoisotopic (exact) mass is 406 g/mol. The van der Waals surface area contributed by atoms with E-state index in [0.717, 1.165) is 11.1 Å². The number of benzene rings is 1. The van der Waals surface area contributed by atoms with Crippen LogP contribution in [0.1, 0.15) is 47.7 Å². The Balaban J connectivity index is 1.52. The number of pyridine rings is 1. The number of likely N-dealkylation sites (tertiary alicyclic amines) is 1. The van der Waals surface area contributed by atoms with Gasteiger partial charge in [-0.1, -0.05) is 24.3 Å². The quantitative estimate of drug-likeness (QED) is 0.825. The van der Waals surface area contributed by atoms with Crippen LogP contribution in [0.25, 0.3) is 0 Å². The Morgan fingerprint density at radius 3 is 2.57 bits per heavy atom. The molecule has 1 N–H and O–H groups in total. The zero-order valence-corrected chi connectivity index (χ0v) is 17.1. The molecule has 1 fully saturated rings. The van der Waals surface area contributed by atoms with E-state index in [1.54, 1.807) is 24.2 Å². The van der Waals surface area contributed by atoms with Crippen LogP contribution in [0.4, 0.5) is 0 Å². The summed E-state index contributed by atoms with van der Waals surface area (Å²) in [5, 5.41) is 2.97. The first kappa shape index (κ1) is 20.1. The molecule has 7 heteroatoms. The molecule has 1 saturated heterocycles. The highest BCUT2D eigenvalue weighted by Crippen LogP contribution is 2.38. The van der Waals surface area contributed by atoms with Crippen molar-refractivity contribution in [2.24, 2.45) is 0 Å². The van der Waals surface area contributed by atoms with E-state index in [1.807, 2.05) is 41.3 Å². The van der Waals surface area contributed by atoms with Gasteiger partial charge in [-0.2, -0.15) is 0 Å². The number of fused-ring (bicyclic) bond motifs is 1. The SMILES string of the molecule is CC(=O)N1CCC(CC(=O)NCc2cccnc2)(N2Cc3ccccc3C2=O)CC1. The molecule has 2 aromatic rings. The summed E-state index contributed by atoms with van der Waals surface area (Å²) in [7, 11) is 0. The van der Waals surface area contributed by atoms with Crippen LogP contribution in [-0.2, 0) is 22.7 Å². The summed E-state index contributed by atoms with van der Waals surface area (Å²) in [6, 6.07) is 11.4. The largest absolute Gasteiger partial charge is 0.352 e. The van der Waals surface area contributed by atoms with Crippen LogP contribution in [0, 0.1) is 0 Å². The molecular formula is C23H26N4O3. The fourth-order valence-corrected chi connectivity index (χ4v) is 4.48. The van der Waals surface area contributed by atoms with Crippen molar-refractivity contribution in [3.8, 4) is 0 Å². The smallest absolute Gasteiger partial charge is 0.254 e. The van der Waals surface area contributed by atoms with E-state index < -0.39 is 5.54 Å². The number of rotatable bonds is 5. The van der Waals surface area contributed by atoms with E-state index in [1.165, 1.54) is 0 Å². The van der Waals surface area contributed by atoms with Crippen molar-refractivity contribution in [3.63, 3.8) is 0 Å². The van der Waals surface area contributed by atoms with Gasteiger partial charge in [0.15, 0.2) is 0 Å². The second kappa shape index (κ2) is 8.26. The van der Waals surface area contributed by atoms with Crippen LogP contribution >= 0.6 is 0 Å². The number of amides is 3. The molecule has 3 heterocycles. The summed E-state index contributed by atoms with van der Waals surface area (Å²) in [5.74, 6) is -0.0958. The maximum atomic E-state index is 13.2. The minimum atomic E-state index is -0.596. The Labute approximate surface area is 176 Å². The first-order chi connectivity index (χ1) is 14.5. The Morgan fingerprint density at radius 2 is 1.90 bits per heavy atom. The van der Waals surface area contributed by atoms with Gasteiger partial charge in [0.05, 0.1) is 12.0 Å². The van der Waals surface area contributed by atoms with Gasteiger partial charge in [-0.25, -0.2) is 0 Å². The second-order valence-corrected chi connectivity index (χ2v) is 8.09. The lowest BCUT2D eigenvalue weighted by atomic mass is 9.82. The fourth-order valence-electron chi connectivity index (χ4n) is 4.48. The standard InChI is InChI=1S/C23H26N4O3/c1-17(28)26-11-8-23(9-12-26,13-21(29)25-15-18-5-4-10-24-14-18)27-16-19-6-2-3-7-20(19)22(27)30/h2-7,10,14H,8-9,11-13,15-16H2,1H3,(H,25,29). The van der Waals surface area contributed by atoms with Gasteiger partial charge >= 0.3 is 0 Å². The molecule has 4 rings (SSSR count). The van der Waals surface area contributed by atoms with Crippen LogP contribution in [0.5, 0.6) is 0 Å². The molecule has 1 aromatic heterocycles. The van der Waals surface area contributed by atoms with Crippen LogP contribution < -0.4 is 5.32 Å². The number of hydrogen-bond acceptors (Lipinski definition) is 4. The normalized spacial score (nSPS) is 17.6. The average Bonchev–Trinajstić information content (AvgIpc) is 3.11. The van der Waals surface area contributed by atoms with Crippen molar-refractivity contribution in [2.75, 3.05) is 13.1 Å². The van der Waals surface area contributed by atoms with Crippen LogP contribution in [0.2, 0.25) is 0 Å². The molecule has 2 aliphatic heterocycles. The summed E-state index contributed by atoms with van der Waals surface area (Å²) in [6.07, 6.45) is 4.82. The summed E-state index contributed by atoms with van der Waals surface area (Å²) in [5.41, 5.74) is 2.03. The molecule has 3 amide bonds. The number of aromatic nitrogens is 1. The molecule has 0 saturated carbocycles. The molecule has 0 radical (unpaired) electrons. The van der Waals surface area contributed by atoms with Gasteiger partial charge < -0.3 is 15.1 Å². The van der Waals surface area contributed by atoms with Crippen LogP contribution in [-0.4, -0.2) is 51.1 Å². The van der Waals surface area contributed by atoms with Gasteiger partial charge in [-0.15, -0.1) is 0 Å². The van der Waals surface area contributed by atoms with Gasteiger partial charge in [0.25, 0.3) is 5.91 Å². The lowest BCUT2D eigenvalue weighted by Crippen LogP contribution is -2.57. The third-order valence-electron chi connectivity index (χ3n) is 6.24. The van der Waals surface area contributed by atoms with Gasteiger partial charge in [0.2, 0.25) is 11.8 Å². The predicted octanol–water partition coefficient (Wildman–Crippen LogP) is 2.12. The maximum absolute atomic E-state index is 13.2. The summed E-state index contributed by atoms with van der Waals surface area (Å²) in [6.45, 7) is 3.56. The molecule has 2 aliphatic rings. The zero-order chi connectivity index (χ0) is 21.1. The maximum Gasteiger partial charge on any atom is 0.254 e. The minimum Gasteiger partial charge on any atom is -0.352 e. The minimum absolute atomic E-state index is 0.0260. The van der Waals surface area contributed by atoms with Crippen LogP contribution in [0.3, 0.4) is 0 Å². The fraction of sp³-hybridized carbons (Fsp3) is 0.391. The molecule has 30 heavy (non-hydrogen) atoms. The molecular weight excluding hydrogens is 380 g/mol. The third kappa shape index (κ3) is 3.92. The van der Waals surface area contributed by atoms with Crippen molar-refractivity contribution < 1.29 is 14.4 Å². The highest BCUT2D eigenvalue weighted by atomic mass is 16.2. The van der Waals surface area contributed by atoms with Crippen LogP contribution in [0.15, 0.2) is 48.8 Å². The van der Waals surface area contributed by atoms with E-state index in [2.05, 4.69) is 10.3 Å². The molecule has 0 atom stereocenters. The second-order valence-electron chi connectivity index (χ2n) is 8.09. The van der Waals surface area contributed by atoms with Gasteiger partial charge in [-0.05, 0) is 36.1 Å². The molecule has 0 bridgehead atoms. The summed E-state index contributed by atoms with van der Waals surface area (Å²) >= 11 is 0. The van der Waals surface area contributed by atoms with Crippen molar-refractivity contribution in [2.45, 2.75) is 44.8 Å². The summed E-state index contributed by atoms with van der Waals surface area (Å²) < 4.78 is 0. The van der Waals surface area contributed by atoms with E-state index in [-0.39, 0.29) is 24.1 Å². The molecule has 0 unspecified atom stereocenters. The Kier molecular flexibility index (Phi) is 5.53.